The maximum atomic E-state index is 8.92. The van der Waals surface area contributed by atoms with Crippen LogP contribution in [0, 0.1) is 0 Å². The SMILES string of the molecule is [2H]c1c([2H])c([2H])c(-c2cc(-c3c([2H])c([2H])c([2H])c([2H])c3[2H])c3oc4cccc(-c5nc(-c6ccccc6)nc(-c6ccc7c(ccc8ccccc87)c6)n5)c4c3c2)c([2H])c1[2H]. The average molecular weight is 662 g/mol. The largest absolute Gasteiger partial charge is 0.455 e. The van der Waals surface area contributed by atoms with E-state index in [1.807, 2.05) is 60.7 Å². The second-order valence-electron chi connectivity index (χ2n) is 12.1. The van der Waals surface area contributed by atoms with Gasteiger partial charge in [0.2, 0.25) is 0 Å². The van der Waals surface area contributed by atoms with Gasteiger partial charge in [0.15, 0.2) is 17.5 Å². The number of hydrogen-bond acceptors (Lipinski definition) is 4. The molecule has 0 N–H and O–H groups in total. The molecule has 0 saturated heterocycles. The topological polar surface area (TPSA) is 51.8 Å². The second kappa shape index (κ2) is 11.9. The van der Waals surface area contributed by atoms with E-state index in [0.717, 1.165) is 32.7 Å². The molecule has 2 aromatic heterocycles. The summed E-state index contributed by atoms with van der Waals surface area (Å²) in [4.78, 5) is 15.0. The fraction of sp³-hybridized carbons (Fsp3) is 0. The van der Waals surface area contributed by atoms with Gasteiger partial charge < -0.3 is 4.42 Å². The number of rotatable bonds is 5. The van der Waals surface area contributed by atoms with Crippen molar-refractivity contribution in [1.82, 2.24) is 15.0 Å². The molecule has 4 heteroatoms. The molecule has 0 aliphatic rings. The monoisotopic (exact) mass is 661 g/mol. The van der Waals surface area contributed by atoms with Crippen LogP contribution in [0.3, 0.4) is 0 Å². The molecule has 0 unspecified atom stereocenters. The van der Waals surface area contributed by atoms with E-state index in [1.54, 1.807) is 18.2 Å². The van der Waals surface area contributed by atoms with Crippen molar-refractivity contribution in [3.8, 4) is 56.4 Å². The summed E-state index contributed by atoms with van der Waals surface area (Å²) in [5, 5.41) is 5.19. The van der Waals surface area contributed by atoms with Crippen LogP contribution in [0.2, 0.25) is 0 Å². The van der Waals surface area contributed by atoms with Crippen molar-refractivity contribution in [2.75, 3.05) is 0 Å². The van der Waals surface area contributed by atoms with E-state index >= 15 is 0 Å². The van der Waals surface area contributed by atoms with Crippen LogP contribution in [0.4, 0.5) is 0 Å². The van der Waals surface area contributed by atoms with Gasteiger partial charge in [-0.3, -0.25) is 0 Å². The molecule has 8 aromatic carbocycles. The van der Waals surface area contributed by atoms with Gasteiger partial charge in [-0.15, -0.1) is 0 Å². The molecule has 0 atom stereocenters. The first-order valence-electron chi connectivity index (χ1n) is 21.3. The fourth-order valence-electron chi connectivity index (χ4n) is 6.72. The molecule has 0 saturated carbocycles. The van der Waals surface area contributed by atoms with Crippen molar-refractivity contribution in [3.05, 3.63) is 176 Å². The lowest BCUT2D eigenvalue weighted by Gasteiger charge is -2.11. The molecule has 238 valence electrons. The molecule has 0 amide bonds. The van der Waals surface area contributed by atoms with Crippen LogP contribution in [0.5, 0.6) is 0 Å². The molecule has 51 heavy (non-hydrogen) atoms. The fourth-order valence-corrected chi connectivity index (χ4v) is 6.72. The Bertz CT molecular complexity index is 3440. The minimum absolute atomic E-state index is 0.0726. The predicted octanol–water partition coefficient (Wildman–Crippen LogP) is 12.4. The van der Waals surface area contributed by atoms with Crippen molar-refractivity contribution in [2.45, 2.75) is 0 Å². The first kappa shape index (κ1) is 20.6. The molecule has 0 spiro atoms. The standard InChI is InChI=1S/C47H29N3O/c1-4-13-30(14-5-1)36-28-40(31-15-6-2-7-16-31)44-41(29-36)43-39(21-12-22-42(43)51-44)47-49-45(33-18-8-3-9-19-33)48-46(50-47)35-25-26-38-34(27-35)24-23-32-17-10-11-20-37(32)38/h1-29H/i1D,2D,4D,5D,6D,7D,13D,14D,15D,16D. The van der Waals surface area contributed by atoms with Crippen molar-refractivity contribution in [1.29, 1.82) is 0 Å². The Labute approximate surface area is 308 Å². The van der Waals surface area contributed by atoms with Crippen LogP contribution in [0.1, 0.15) is 13.7 Å². The van der Waals surface area contributed by atoms with Gasteiger partial charge in [-0.25, -0.2) is 15.0 Å². The van der Waals surface area contributed by atoms with Gasteiger partial charge in [-0.1, -0.05) is 151 Å². The first-order chi connectivity index (χ1) is 29.4. The van der Waals surface area contributed by atoms with Crippen molar-refractivity contribution >= 4 is 43.5 Å². The molecule has 4 nitrogen and oxygen atoms in total. The summed E-state index contributed by atoms with van der Waals surface area (Å²) >= 11 is 0. The Balaban J connectivity index is 1.28. The van der Waals surface area contributed by atoms with Crippen LogP contribution >= 0.6 is 0 Å². The number of nitrogens with zero attached hydrogens (tertiary/aromatic N) is 3. The van der Waals surface area contributed by atoms with Crippen molar-refractivity contribution in [2.24, 2.45) is 0 Å². The molecular weight excluding hydrogens is 623 g/mol. The normalized spacial score (nSPS) is 14.3. The molecular formula is C47H29N3O. The maximum absolute atomic E-state index is 8.92. The van der Waals surface area contributed by atoms with E-state index < -0.39 is 60.4 Å². The highest BCUT2D eigenvalue weighted by Gasteiger charge is 2.21. The molecule has 0 aliphatic carbocycles. The molecule has 2 heterocycles. The summed E-state index contributed by atoms with van der Waals surface area (Å²) in [5.74, 6) is 1.10. The van der Waals surface area contributed by atoms with E-state index in [2.05, 4.69) is 30.3 Å². The lowest BCUT2D eigenvalue weighted by atomic mass is 9.95. The zero-order chi connectivity index (χ0) is 42.4. The van der Waals surface area contributed by atoms with Gasteiger partial charge in [-0.2, -0.15) is 0 Å². The highest BCUT2D eigenvalue weighted by Crippen LogP contribution is 2.43. The molecule has 0 radical (unpaired) electrons. The average Bonchev–Trinajstić information content (AvgIpc) is 3.68. The molecule has 10 aromatic rings. The zero-order valence-electron chi connectivity index (χ0n) is 36.7. The summed E-state index contributed by atoms with van der Waals surface area (Å²) in [7, 11) is 0. The van der Waals surface area contributed by atoms with E-state index in [0.29, 0.717) is 33.6 Å². The molecule has 0 aliphatic heterocycles. The summed E-state index contributed by atoms with van der Waals surface area (Å²) < 4.78 is 92.4. The summed E-state index contributed by atoms with van der Waals surface area (Å²) in [6, 6.07) is 31.0. The minimum Gasteiger partial charge on any atom is -0.455 e. The Hall–Kier alpha value is -6.91. The second-order valence-corrected chi connectivity index (χ2v) is 12.1. The van der Waals surface area contributed by atoms with Crippen LogP contribution in [0.25, 0.3) is 99.9 Å². The smallest absolute Gasteiger partial charge is 0.164 e. The van der Waals surface area contributed by atoms with Crippen molar-refractivity contribution in [3.63, 3.8) is 0 Å². The lowest BCUT2D eigenvalue weighted by Crippen LogP contribution is -2.00. The summed E-state index contributed by atoms with van der Waals surface area (Å²) in [5.41, 5.74) is 2.41. The Morgan fingerprint density at radius 3 is 1.92 bits per heavy atom. The summed E-state index contributed by atoms with van der Waals surface area (Å²) in [6.07, 6.45) is 0. The third-order valence-electron chi connectivity index (χ3n) is 9.07. The lowest BCUT2D eigenvalue weighted by molar-refractivity contribution is 0.670. The third-order valence-corrected chi connectivity index (χ3v) is 9.07. The van der Waals surface area contributed by atoms with Crippen LogP contribution in [-0.2, 0) is 0 Å². The van der Waals surface area contributed by atoms with Crippen molar-refractivity contribution < 1.29 is 18.1 Å². The Morgan fingerprint density at radius 2 is 1.10 bits per heavy atom. The number of fused-ring (bicyclic) bond motifs is 6. The van der Waals surface area contributed by atoms with Gasteiger partial charge in [0, 0.05) is 33.0 Å². The first-order valence-corrected chi connectivity index (χ1v) is 16.3. The minimum atomic E-state index is -0.580. The highest BCUT2D eigenvalue weighted by molar-refractivity contribution is 6.16. The van der Waals surface area contributed by atoms with Gasteiger partial charge in [0.25, 0.3) is 0 Å². The summed E-state index contributed by atoms with van der Waals surface area (Å²) in [6.45, 7) is 0. The van der Waals surface area contributed by atoms with E-state index in [-0.39, 0.29) is 33.7 Å². The van der Waals surface area contributed by atoms with E-state index in [9.17, 15) is 0 Å². The van der Waals surface area contributed by atoms with Gasteiger partial charge in [-0.05, 0) is 62.5 Å². The van der Waals surface area contributed by atoms with Gasteiger partial charge in [0.05, 0.1) is 13.7 Å². The number of hydrogen-bond donors (Lipinski definition) is 0. The predicted molar refractivity (Wildman–Crippen MR) is 209 cm³/mol. The number of benzene rings is 8. The van der Waals surface area contributed by atoms with Crippen LogP contribution in [-0.4, -0.2) is 15.0 Å². The van der Waals surface area contributed by atoms with Crippen LogP contribution < -0.4 is 0 Å². The third kappa shape index (κ3) is 5.04. The zero-order valence-corrected chi connectivity index (χ0v) is 26.7. The molecule has 10 rings (SSSR count). The van der Waals surface area contributed by atoms with Gasteiger partial charge in [0.1, 0.15) is 11.2 Å². The van der Waals surface area contributed by atoms with E-state index in [4.69, 9.17) is 33.1 Å². The maximum Gasteiger partial charge on any atom is 0.164 e. The van der Waals surface area contributed by atoms with Gasteiger partial charge >= 0.3 is 0 Å². The quantitative estimate of drug-likeness (QED) is 0.172. The highest BCUT2D eigenvalue weighted by atomic mass is 16.3. The number of aromatic nitrogens is 3. The Morgan fingerprint density at radius 1 is 0.412 bits per heavy atom. The molecule has 0 fully saturated rings. The Kier molecular flexibility index (Phi) is 4.80. The number of furan rings is 1. The van der Waals surface area contributed by atoms with Crippen LogP contribution in [0.15, 0.2) is 180 Å². The molecule has 0 bridgehead atoms. The van der Waals surface area contributed by atoms with E-state index in [1.165, 1.54) is 6.07 Å².